The highest BCUT2D eigenvalue weighted by molar-refractivity contribution is 7.09. The first-order valence-electron chi connectivity index (χ1n) is 5.53. The zero-order chi connectivity index (χ0) is 13.1. The molecule has 0 aliphatic rings. The average Bonchev–Trinajstić information content (AvgIpc) is 2.65. The second-order valence-electron chi connectivity index (χ2n) is 5.08. The first-order chi connectivity index (χ1) is 7.84. The van der Waals surface area contributed by atoms with Crippen molar-refractivity contribution in [1.29, 1.82) is 0 Å². The minimum absolute atomic E-state index is 0.0114. The van der Waals surface area contributed by atoms with E-state index in [4.69, 9.17) is 16.3 Å². The first-order valence-corrected chi connectivity index (χ1v) is 6.74. The van der Waals surface area contributed by atoms with Gasteiger partial charge in [0, 0.05) is 37.6 Å². The van der Waals surface area contributed by atoms with Gasteiger partial charge in [-0.2, -0.15) is 4.37 Å². The molecule has 98 valence electrons. The van der Waals surface area contributed by atoms with Crippen LogP contribution in [-0.4, -0.2) is 42.0 Å². The van der Waals surface area contributed by atoms with E-state index in [9.17, 15) is 0 Å². The van der Waals surface area contributed by atoms with Crippen LogP contribution in [0.15, 0.2) is 0 Å². The van der Waals surface area contributed by atoms with Crippen LogP contribution in [0.4, 0.5) is 5.13 Å². The number of hydrogen-bond donors (Lipinski definition) is 0. The SMILES string of the molecule is COCC(Cl)CN(C)c1nc(C(C)(C)C)ns1. The Morgan fingerprint density at radius 1 is 1.47 bits per heavy atom. The van der Waals surface area contributed by atoms with Gasteiger partial charge in [0.15, 0.2) is 0 Å². The predicted molar refractivity (Wildman–Crippen MR) is 73.4 cm³/mol. The second kappa shape index (κ2) is 5.98. The lowest BCUT2D eigenvalue weighted by atomic mass is 9.96. The fourth-order valence-electron chi connectivity index (χ4n) is 1.28. The topological polar surface area (TPSA) is 38.2 Å². The molecule has 0 N–H and O–H groups in total. The van der Waals surface area contributed by atoms with E-state index in [2.05, 4.69) is 30.1 Å². The summed E-state index contributed by atoms with van der Waals surface area (Å²) in [5, 5.41) is 0.865. The molecule has 0 aromatic carbocycles. The van der Waals surface area contributed by atoms with Crippen LogP contribution in [0.25, 0.3) is 0 Å². The summed E-state index contributed by atoms with van der Waals surface area (Å²) in [4.78, 5) is 6.55. The fourth-order valence-corrected chi connectivity index (χ4v) is 2.44. The molecule has 1 unspecified atom stereocenters. The Labute approximate surface area is 112 Å². The van der Waals surface area contributed by atoms with E-state index < -0.39 is 0 Å². The highest BCUT2D eigenvalue weighted by atomic mass is 35.5. The van der Waals surface area contributed by atoms with Crippen LogP contribution in [0, 0.1) is 0 Å². The molecular formula is C11H20ClN3OS. The number of anilines is 1. The lowest BCUT2D eigenvalue weighted by Crippen LogP contribution is -2.28. The Bertz CT molecular complexity index is 351. The normalized spacial score (nSPS) is 13.8. The Morgan fingerprint density at radius 2 is 2.12 bits per heavy atom. The van der Waals surface area contributed by atoms with Gasteiger partial charge in [0.2, 0.25) is 5.13 Å². The van der Waals surface area contributed by atoms with Crippen molar-refractivity contribution in [2.75, 3.05) is 32.2 Å². The average molecular weight is 278 g/mol. The summed E-state index contributed by atoms with van der Waals surface area (Å²) in [5.74, 6) is 0.877. The largest absolute Gasteiger partial charge is 0.383 e. The van der Waals surface area contributed by atoms with Gasteiger partial charge in [0.05, 0.1) is 12.0 Å². The quantitative estimate of drug-likeness (QED) is 0.775. The number of aromatic nitrogens is 2. The van der Waals surface area contributed by atoms with Crippen LogP contribution in [0.2, 0.25) is 0 Å². The third-order valence-electron chi connectivity index (χ3n) is 2.23. The molecule has 0 fully saturated rings. The number of hydrogen-bond acceptors (Lipinski definition) is 5. The molecule has 1 aromatic rings. The van der Waals surface area contributed by atoms with Crippen LogP contribution < -0.4 is 4.90 Å². The van der Waals surface area contributed by atoms with Crippen molar-refractivity contribution in [3.8, 4) is 0 Å². The maximum atomic E-state index is 6.11. The van der Waals surface area contributed by atoms with Gasteiger partial charge in [0.25, 0.3) is 0 Å². The molecule has 17 heavy (non-hydrogen) atoms. The van der Waals surface area contributed by atoms with Crippen LogP contribution in [0.5, 0.6) is 0 Å². The van der Waals surface area contributed by atoms with Crippen LogP contribution in [-0.2, 0) is 10.2 Å². The highest BCUT2D eigenvalue weighted by Crippen LogP contribution is 2.24. The summed E-state index contributed by atoms with van der Waals surface area (Å²) in [5.41, 5.74) is -0.0114. The van der Waals surface area contributed by atoms with E-state index in [0.717, 1.165) is 11.0 Å². The molecule has 0 radical (unpaired) electrons. The monoisotopic (exact) mass is 277 g/mol. The Hall–Kier alpha value is -0.390. The van der Waals surface area contributed by atoms with E-state index in [-0.39, 0.29) is 10.8 Å². The molecule has 0 saturated carbocycles. The lowest BCUT2D eigenvalue weighted by Gasteiger charge is -2.18. The standard InChI is InChI=1S/C11H20ClN3OS/c1-11(2,3)9-13-10(17-14-9)15(4)6-8(12)7-16-5/h8H,6-7H2,1-5H3. The summed E-state index contributed by atoms with van der Waals surface area (Å²) in [6, 6.07) is 0. The van der Waals surface area contributed by atoms with Gasteiger partial charge >= 0.3 is 0 Å². The van der Waals surface area contributed by atoms with Gasteiger partial charge in [0.1, 0.15) is 5.82 Å². The summed E-state index contributed by atoms with van der Waals surface area (Å²) < 4.78 is 9.38. The smallest absolute Gasteiger partial charge is 0.205 e. The zero-order valence-electron chi connectivity index (χ0n) is 11.0. The summed E-state index contributed by atoms with van der Waals surface area (Å²) in [6.07, 6.45) is 0. The highest BCUT2D eigenvalue weighted by Gasteiger charge is 2.21. The predicted octanol–water partition coefficient (Wildman–Crippen LogP) is 2.53. The molecule has 1 heterocycles. The van der Waals surface area contributed by atoms with Crippen molar-refractivity contribution in [2.24, 2.45) is 0 Å². The zero-order valence-corrected chi connectivity index (χ0v) is 12.6. The molecule has 6 heteroatoms. The van der Waals surface area contributed by atoms with Crippen LogP contribution in [0.3, 0.4) is 0 Å². The second-order valence-corrected chi connectivity index (χ2v) is 6.43. The van der Waals surface area contributed by atoms with Gasteiger partial charge in [-0.15, -0.1) is 11.6 Å². The number of ether oxygens (including phenoxy) is 1. The van der Waals surface area contributed by atoms with Crippen molar-refractivity contribution < 1.29 is 4.74 Å². The lowest BCUT2D eigenvalue weighted by molar-refractivity contribution is 0.199. The number of methoxy groups -OCH3 is 1. The molecule has 0 bridgehead atoms. The van der Waals surface area contributed by atoms with Gasteiger partial charge in [-0.25, -0.2) is 4.98 Å². The maximum absolute atomic E-state index is 6.11. The van der Waals surface area contributed by atoms with Gasteiger partial charge in [-0.05, 0) is 0 Å². The van der Waals surface area contributed by atoms with E-state index >= 15 is 0 Å². The molecule has 4 nitrogen and oxygen atoms in total. The molecule has 1 rings (SSSR count). The molecule has 0 spiro atoms. The minimum Gasteiger partial charge on any atom is -0.383 e. The Morgan fingerprint density at radius 3 is 2.59 bits per heavy atom. The molecule has 0 aliphatic carbocycles. The maximum Gasteiger partial charge on any atom is 0.205 e. The third-order valence-corrected chi connectivity index (χ3v) is 3.33. The Balaban J connectivity index is 2.64. The molecule has 1 atom stereocenters. The van der Waals surface area contributed by atoms with Gasteiger partial charge < -0.3 is 9.64 Å². The number of halogens is 1. The van der Waals surface area contributed by atoms with Crippen molar-refractivity contribution in [3.05, 3.63) is 5.82 Å². The molecule has 0 saturated heterocycles. The van der Waals surface area contributed by atoms with Crippen LogP contribution in [0.1, 0.15) is 26.6 Å². The Kier molecular flexibility index (Phi) is 5.16. The van der Waals surface area contributed by atoms with Crippen LogP contribution >= 0.6 is 23.1 Å². The summed E-state index contributed by atoms with van der Waals surface area (Å²) >= 11 is 7.52. The third kappa shape index (κ3) is 4.41. The van der Waals surface area contributed by atoms with E-state index in [1.165, 1.54) is 11.5 Å². The van der Waals surface area contributed by atoms with Gasteiger partial charge in [-0.3, -0.25) is 0 Å². The van der Waals surface area contributed by atoms with E-state index in [1.807, 2.05) is 11.9 Å². The number of alkyl halides is 1. The van der Waals surface area contributed by atoms with Crippen molar-refractivity contribution in [1.82, 2.24) is 9.36 Å². The fraction of sp³-hybridized carbons (Fsp3) is 0.818. The first kappa shape index (κ1) is 14.7. The number of rotatable bonds is 5. The summed E-state index contributed by atoms with van der Waals surface area (Å²) in [7, 11) is 3.62. The van der Waals surface area contributed by atoms with E-state index in [0.29, 0.717) is 13.2 Å². The van der Waals surface area contributed by atoms with E-state index in [1.54, 1.807) is 7.11 Å². The van der Waals surface area contributed by atoms with Crippen molar-refractivity contribution >= 4 is 28.3 Å². The molecule has 0 amide bonds. The van der Waals surface area contributed by atoms with Gasteiger partial charge in [-0.1, -0.05) is 20.8 Å². The molecule has 0 aliphatic heterocycles. The van der Waals surface area contributed by atoms with Crippen molar-refractivity contribution in [3.63, 3.8) is 0 Å². The molecular weight excluding hydrogens is 258 g/mol. The molecule has 1 aromatic heterocycles. The number of nitrogens with zero attached hydrogens (tertiary/aromatic N) is 3. The van der Waals surface area contributed by atoms with Crippen molar-refractivity contribution in [2.45, 2.75) is 31.6 Å². The summed E-state index contributed by atoms with van der Waals surface area (Å²) in [6.45, 7) is 7.56. The minimum atomic E-state index is -0.0352.